The predicted octanol–water partition coefficient (Wildman–Crippen LogP) is 3.83. The van der Waals surface area contributed by atoms with Gasteiger partial charge in [-0.05, 0) is 49.2 Å². The number of fused-ring (bicyclic) bond motifs is 1. The first-order valence-corrected chi connectivity index (χ1v) is 18.6. The monoisotopic (exact) mass is 913 g/mol. The van der Waals surface area contributed by atoms with Crippen LogP contribution in [0.4, 0.5) is 24.0 Å². The normalized spacial score (nSPS) is 10.4. The minimum absolute atomic E-state index is 0.156. The van der Waals surface area contributed by atoms with Crippen LogP contribution in [0.15, 0.2) is 68.6 Å². The molecule has 0 fully saturated rings. The van der Waals surface area contributed by atoms with Crippen molar-refractivity contribution in [3.63, 3.8) is 0 Å². The summed E-state index contributed by atoms with van der Waals surface area (Å²) in [5.41, 5.74) is -2.05. The number of amides is 2. The number of carbonyl (C=O) groups is 8. The molecule has 0 aliphatic heterocycles. The van der Waals surface area contributed by atoms with Crippen LogP contribution in [0.3, 0.4) is 0 Å². The molecule has 1 N–H and O–H groups in total. The Morgan fingerprint density at radius 1 is 0.554 bits per heavy atom. The van der Waals surface area contributed by atoms with Gasteiger partial charge in [-0.25, -0.2) is 33.3 Å². The number of benzene rings is 3. The number of carboxylic acid groups (broad SMARTS) is 1. The number of rotatable bonds is 17. The van der Waals surface area contributed by atoms with E-state index in [1.807, 2.05) is 0 Å². The maximum Gasteiger partial charge on any atom is 0.513 e. The molecule has 0 bridgehead atoms. The van der Waals surface area contributed by atoms with E-state index in [9.17, 15) is 53.1 Å². The first-order chi connectivity index (χ1) is 31.1. The van der Waals surface area contributed by atoms with E-state index < -0.39 is 102 Å². The lowest BCUT2D eigenvalue weighted by Crippen LogP contribution is -2.40. The molecule has 4 aromatic rings. The molecule has 0 saturated heterocycles. The fourth-order valence-electron chi connectivity index (χ4n) is 5.76. The molecule has 0 aliphatic rings. The number of methoxy groups -OCH3 is 5. The summed E-state index contributed by atoms with van der Waals surface area (Å²) in [4.78, 5) is 129. The highest BCUT2D eigenvalue weighted by molar-refractivity contribution is 6.00. The Bertz CT molecular complexity index is 2580. The molecule has 3 aromatic carbocycles. The fraction of sp³-hybridized carbons (Fsp3) is 0.300. The lowest BCUT2D eigenvalue weighted by Gasteiger charge is -2.27. The topological polar surface area (TPSA) is 308 Å². The van der Waals surface area contributed by atoms with E-state index in [2.05, 4.69) is 23.7 Å². The molecule has 25 nitrogen and oxygen atoms in total. The average molecular weight is 914 g/mol. The summed E-state index contributed by atoms with van der Waals surface area (Å²) in [6.07, 6.45) is -6.69. The molecule has 0 atom stereocenters. The van der Waals surface area contributed by atoms with Crippen LogP contribution in [0.2, 0.25) is 0 Å². The van der Waals surface area contributed by atoms with Crippen molar-refractivity contribution in [3.8, 4) is 28.7 Å². The second kappa shape index (κ2) is 23.0. The molecule has 0 saturated carbocycles. The van der Waals surface area contributed by atoms with Gasteiger partial charge >= 0.3 is 42.5 Å². The largest absolute Gasteiger partial charge is 0.513 e. The number of aromatic nitrogens is 1. The minimum Gasteiger partial charge on any atom is -0.480 e. The van der Waals surface area contributed by atoms with E-state index >= 15 is 0 Å². The minimum atomic E-state index is -1.49. The standard InChI is InChI=1S/C40H39N3O22/c1-55-36(50)60-25-14-8-13-24-29(25)63-35(49)43(34(24)48)20-10-18-41(32(46)22-11-6-15-26(61-37(51)56-2)30(22)64-39(53)58-4)17-9-19-42(21-28(44)45)33(47)23-12-7-16-27(62-38(52)57-3)31(23)65-40(54)59-5/h6-8,11-16H,9-10,17-21H2,1-5H3,(H,44,45). The Labute approximate surface area is 365 Å². The molecule has 1 heterocycles. The van der Waals surface area contributed by atoms with Crippen molar-refractivity contribution in [1.82, 2.24) is 14.4 Å². The van der Waals surface area contributed by atoms with Crippen LogP contribution in [0.5, 0.6) is 28.7 Å². The van der Waals surface area contributed by atoms with Gasteiger partial charge in [0.2, 0.25) is 0 Å². The molecule has 0 radical (unpaired) electrons. The maximum absolute atomic E-state index is 14.4. The number of para-hydroxylation sites is 3. The Hall–Kier alpha value is -8.64. The first kappa shape index (κ1) is 49.0. The Morgan fingerprint density at radius 3 is 1.46 bits per heavy atom. The number of carbonyl (C=O) groups excluding carboxylic acids is 7. The smallest absolute Gasteiger partial charge is 0.480 e. The summed E-state index contributed by atoms with van der Waals surface area (Å²) in [7, 11) is 4.95. The van der Waals surface area contributed by atoms with Crippen molar-refractivity contribution in [1.29, 1.82) is 0 Å². The molecule has 65 heavy (non-hydrogen) atoms. The molecule has 1 aromatic heterocycles. The predicted molar refractivity (Wildman–Crippen MR) is 213 cm³/mol. The van der Waals surface area contributed by atoms with Gasteiger partial charge in [0.25, 0.3) is 17.4 Å². The van der Waals surface area contributed by atoms with Crippen molar-refractivity contribution >= 4 is 59.5 Å². The molecule has 0 aliphatic carbocycles. The summed E-state index contributed by atoms with van der Waals surface area (Å²) in [6.45, 7) is -2.37. The van der Waals surface area contributed by atoms with E-state index in [0.717, 1.165) is 57.5 Å². The molecule has 0 unspecified atom stereocenters. The lowest BCUT2D eigenvalue weighted by atomic mass is 10.1. The van der Waals surface area contributed by atoms with E-state index in [0.29, 0.717) is 4.57 Å². The van der Waals surface area contributed by atoms with E-state index in [1.165, 1.54) is 42.5 Å². The van der Waals surface area contributed by atoms with Crippen LogP contribution in [-0.2, 0) is 35.0 Å². The number of nitrogens with zero attached hydrogens (tertiary/aromatic N) is 3. The molecular formula is C40H39N3O22. The van der Waals surface area contributed by atoms with Crippen LogP contribution in [0.25, 0.3) is 11.0 Å². The molecular weight excluding hydrogens is 874 g/mol. The van der Waals surface area contributed by atoms with Gasteiger partial charge < -0.3 is 66.7 Å². The van der Waals surface area contributed by atoms with Gasteiger partial charge in [0.1, 0.15) is 6.54 Å². The number of carboxylic acids is 1. The van der Waals surface area contributed by atoms with E-state index in [4.69, 9.17) is 28.1 Å². The van der Waals surface area contributed by atoms with Gasteiger partial charge in [-0.1, -0.05) is 18.2 Å². The number of aliphatic carboxylic acids is 1. The SMILES string of the molecule is COC(=O)Oc1cccc(C(=O)N(CCCN(CC(=O)O)C(=O)c2cccc(OC(=O)OC)c2OC(=O)OC)CCCn2c(=O)oc3c(OC(=O)OC)cccc3c2=O)c1OC(=O)OC. The second-order valence-electron chi connectivity index (χ2n) is 12.6. The first-order valence-electron chi connectivity index (χ1n) is 18.6. The van der Waals surface area contributed by atoms with Crippen molar-refractivity contribution in [3.05, 3.63) is 86.6 Å². The third-order valence-corrected chi connectivity index (χ3v) is 8.63. The van der Waals surface area contributed by atoms with Crippen LogP contribution >= 0.6 is 0 Å². The third kappa shape index (κ3) is 12.7. The molecule has 4 rings (SSSR count). The third-order valence-electron chi connectivity index (χ3n) is 8.63. The Kier molecular flexibility index (Phi) is 17.3. The zero-order chi connectivity index (χ0) is 47.8. The van der Waals surface area contributed by atoms with Crippen molar-refractivity contribution in [2.24, 2.45) is 0 Å². The number of hydrogen-bond acceptors (Lipinski definition) is 21. The average Bonchev–Trinajstić information content (AvgIpc) is 3.29. The van der Waals surface area contributed by atoms with Crippen LogP contribution in [0.1, 0.15) is 33.6 Å². The summed E-state index contributed by atoms with van der Waals surface area (Å²) in [5, 5.41) is 9.62. The van der Waals surface area contributed by atoms with Crippen molar-refractivity contribution in [2.45, 2.75) is 19.4 Å². The highest BCUT2D eigenvalue weighted by Gasteiger charge is 2.29. The van der Waals surface area contributed by atoms with Gasteiger partial charge in [-0.15, -0.1) is 0 Å². The van der Waals surface area contributed by atoms with E-state index in [1.54, 1.807) is 0 Å². The Morgan fingerprint density at radius 2 is 0.969 bits per heavy atom. The van der Waals surface area contributed by atoms with Crippen LogP contribution in [-0.4, -0.2) is 130 Å². The van der Waals surface area contributed by atoms with Crippen molar-refractivity contribution < 1.29 is 95.2 Å². The fourth-order valence-corrected chi connectivity index (χ4v) is 5.76. The van der Waals surface area contributed by atoms with Crippen LogP contribution < -0.4 is 35.0 Å². The number of ether oxygens (including phenoxy) is 10. The van der Waals surface area contributed by atoms with Gasteiger partial charge in [0.05, 0.1) is 52.1 Å². The lowest BCUT2D eigenvalue weighted by molar-refractivity contribution is -0.137. The molecule has 25 heteroatoms. The highest BCUT2D eigenvalue weighted by atomic mass is 16.8. The molecule has 0 spiro atoms. The Balaban J connectivity index is 1.72. The van der Waals surface area contributed by atoms with Gasteiger partial charge in [0, 0.05) is 26.2 Å². The summed E-state index contributed by atoms with van der Waals surface area (Å²) in [5.74, 6) is -7.05. The zero-order valence-electron chi connectivity index (χ0n) is 35.0. The second-order valence-corrected chi connectivity index (χ2v) is 12.6. The quantitative estimate of drug-likeness (QED) is 0.0893. The molecule has 346 valence electrons. The van der Waals surface area contributed by atoms with Gasteiger partial charge in [-0.3, -0.25) is 19.2 Å². The molecule has 2 amide bonds. The number of hydrogen-bond donors (Lipinski definition) is 1. The van der Waals surface area contributed by atoms with E-state index in [-0.39, 0.29) is 54.8 Å². The van der Waals surface area contributed by atoms with Gasteiger partial charge in [-0.2, -0.15) is 0 Å². The summed E-state index contributed by atoms with van der Waals surface area (Å²) < 4.78 is 54.0. The highest BCUT2D eigenvalue weighted by Crippen LogP contribution is 2.35. The maximum atomic E-state index is 14.4. The van der Waals surface area contributed by atoms with Gasteiger partial charge in [0.15, 0.2) is 34.3 Å². The summed E-state index contributed by atoms with van der Waals surface area (Å²) in [6, 6.07) is 11.1. The zero-order valence-corrected chi connectivity index (χ0v) is 35.0. The summed E-state index contributed by atoms with van der Waals surface area (Å²) >= 11 is 0. The van der Waals surface area contributed by atoms with Crippen molar-refractivity contribution in [2.75, 3.05) is 61.7 Å². The van der Waals surface area contributed by atoms with Crippen LogP contribution in [0, 0.1) is 0 Å².